The summed E-state index contributed by atoms with van der Waals surface area (Å²) in [7, 11) is 0. The van der Waals surface area contributed by atoms with E-state index in [1.165, 1.54) is 44.9 Å². The van der Waals surface area contributed by atoms with Gasteiger partial charge in [0, 0.05) is 5.92 Å². The first-order valence-electron chi connectivity index (χ1n) is 7.86. The average Bonchev–Trinajstić information content (AvgIpc) is 2.95. The molecule has 2 fully saturated rings. The van der Waals surface area contributed by atoms with Crippen LogP contribution in [0.5, 0.6) is 0 Å². The molecule has 0 bridgehead atoms. The van der Waals surface area contributed by atoms with Crippen molar-refractivity contribution < 1.29 is 4.42 Å². The molecule has 3 rings (SSSR count). The van der Waals surface area contributed by atoms with Gasteiger partial charge >= 0.3 is 0 Å². The lowest BCUT2D eigenvalue weighted by atomic mass is 9.67. The van der Waals surface area contributed by atoms with Gasteiger partial charge in [0.1, 0.15) is 0 Å². The molecule has 0 saturated heterocycles. The van der Waals surface area contributed by atoms with Crippen molar-refractivity contribution >= 4 is 0 Å². The van der Waals surface area contributed by atoms with E-state index in [2.05, 4.69) is 10.2 Å². The van der Waals surface area contributed by atoms with Crippen LogP contribution < -0.4 is 5.73 Å². The summed E-state index contributed by atoms with van der Waals surface area (Å²) < 4.78 is 5.81. The van der Waals surface area contributed by atoms with Crippen LogP contribution in [0.25, 0.3) is 0 Å². The molecule has 0 amide bonds. The Kier molecular flexibility index (Phi) is 3.87. The fourth-order valence-corrected chi connectivity index (χ4v) is 3.83. The van der Waals surface area contributed by atoms with Crippen LogP contribution in [-0.4, -0.2) is 10.2 Å². The highest BCUT2D eigenvalue weighted by Gasteiger charge is 2.35. The number of nitrogens with zero attached hydrogens (tertiary/aromatic N) is 2. The van der Waals surface area contributed by atoms with Gasteiger partial charge in [-0.25, -0.2) is 0 Å². The Morgan fingerprint density at radius 2 is 1.95 bits per heavy atom. The predicted octanol–water partition coefficient (Wildman–Crippen LogP) is 3.55. The van der Waals surface area contributed by atoms with Crippen molar-refractivity contribution in [3.05, 3.63) is 11.8 Å². The first kappa shape index (κ1) is 13.1. The summed E-state index contributed by atoms with van der Waals surface area (Å²) in [5.41, 5.74) is 5.95. The molecule has 1 aromatic rings. The van der Waals surface area contributed by atoms with Gasteiger partial charge in [-0.3, -0.25) is 0 Å². The van der Waals surface area contributed by atoms with Crippen molar-refractivity contribution in [1.82, 2.24) is 10.2 Å². The SMILES string of the molecule is CCC(N)c1nnc(C2CCC3CCCCC3C2)o1. The molecule has 2 aliphatic carbocycles. The maximum absolute atomic E-state index is 5.95. The highest BCUT2D eigenvalue weighted by atomic mass is 16.4. The largest absolute Gasteiger partial charge is 0.423 e. The third-order valence-electron chi connectivity index (χ3n) is 5.10. The van der Waals surface area contributed by atoms with Crippen LogP contribution in [0.3, 0.4) is 0 Å². The van der Waals surface area contributed by atoms with Crippen molar-refractivity contribution in [3.63, 3.8) is 0 Å². The lowest BCUT2D eigenvalue weighted by Crippen LogP contribution is -2.26. The van der Waals surface area contributed by atoms with Gasteiger partial charge in [-0.15, -0.1) is 10.2 Å². The van der Waals surface area contributed by atoms with E-state index in [4.69, 9.17) is 10.2 Å². The number of aromatic nitrogens is 2. The number of nitrogens with two attached hydrogens (primary N) is 1. The maximum Gasteiger partial charge on any atom is 0.233 e. The molecule has 2 aliphatic rings. The Labute approximate surface area is 115 Å². The predicted molar refractivity (Wildman–Crippen MR) is 73.6 cm³/mol. The van der Waals surface area contributed by atoms with E-state index in [1.54, 1.807) is 0 Å². The van der Waals surface area contributed by atoms with Crippen LogP contribution in [0.15, 0.2) is 4.42 Å². The second kappa shape index (κ2) is 5.61. The molecule has 4 unspecified atom stereocenters. The molecule has 1 aromatic heterocycles. The minimum Gasteiger partial charge on any atom is -0.423 e. The van der Waals surface area contributed by atoms with E-state index < -0.39 is 0 Å². The van der Waals surface area contributed by atoms with Crippen LogP contribution in [0.2, 0.25) is 0 Å². The minimum absolute atomic E-state index is 0.104. The number of hydrogen-bond acceptors (Lipinski definition) is 4. The fourth-order valence-electron chi connectivity index (χ4n) is 3.83. The number of fused-ring (bicyclic) bond motifs is 1. The topological polar surface area (TPSA) is 64.9 Å². The molecule has 2 saturated carbocycles. The van der Waals surface area contributed by atoms with E-state index in [9.17, 15) is 0 Å². The highest BCUT2D eigenvalue weighted by molar-refractivity contribution is 4.98. The van der Waals surface area contributed by atoms with Crippen LogP contribution in [0, 0.1) is 11.8 Å². The maximum atomic E-state index is 5.95. The Hall–Kier alpha value is -0.900. The van der Waals surface area contributed by atoms with Crippen LogP contribution >= 0.6 is 0 Å². The van der Waals surface area contributed by atoms with E-state index in [-0.39, 0.29) is 6.04 Å². The zero-order valence-corrected chi connectivity index (χ0v) is 11.8. The fraction of sp³-hybridized carbons (Fsp3) is 0.867. The molecule has 4 atom stereocenters. The summed E-state index contributed by atoms with van der Waals surface area (Å²) in [6, 6.07) is -0.104. The van der Waals surface area contributed by atoms with E-state index in [0.29, 0.717) is 11.8 Å². The molecular weight excluding hydrogens is 238 g/mol. The average molecular weight is 263 g/mol. The van der Waals surface area contributed by atoms with Crippen LogP contribution in [0.4, 0.5) is 0 Å². The molecule has 0 radical (unpaired) electrons. The van der Waals surface area contributed by atoms with Gasteiger partial charge < -0.3 is 10.2 Å². The zero-order valence-electron chi connectivity index (χ0n) is 11.8. The van der Waals surface area contributed by atoms with E-state index in [1.807, 2.05) is 6.92 Å². The Morgan fingerprint density at radius 3 is 2.74 bits per heavy atom. The summed E-state index contributed by atoms with van der Waals surface area (Å²) in [6.45, 7) is 2.04. The first-order valence-corrected chi connectivity index (χ1v) is 7.86. The zero-order chi connectivity index (χ0) is 13.2. The van der Waals surface area contributed by atoms with E-state index in [0.717, 1.165) is 24.1 Å². The van der Waals surface area contributed by atoms with Crippen molar-refractivity contribution in [2.75, 3.05) is 0 Å². The van der Waals surface area contributed by atoms with Gasteiger partial charge in [0.25, 0.3) is 0 Å². The number of rotatable bonds is 3. The van der Waals surface area contributed by atoms with Gasteiger partial charge in [-0.2, -0.15) is 0 Å². The number of hydrogen-bond donors (Lipinski definition) is 1. The molecule has 0 aliphatic heterocycles. The molecule has 0 spiro atoms. The second-order valence-electron chi connectivity index (χ2n) is 6.31. The summed E-state index contributed by atoms with van der Waals surface area (Å²) in [5, 5.41) is 8.37. The third-order valence-corrected chi connectivity index (χ3v) is 5.10. The molecule has 4 heteroatoms. The van der Waals surface area contributed by atoms with Gasteiger partial charge in [-0.1, -0.05) is 32.6 Å². The Balaban J connectivity index is 1.67. The van der Waals surface area contributed by atoms with Crippen molar-refractivity contribution in [3.8, 4) is 0 Å². The smallest absolute Gasteiger partial charge is 0.233 e. The highest BCUT2D eigenvalue weighted by Crippen LogP contribution is 2.45. The molecular formula is C15H25N3O. The normalized spacial score (nSPS) is 32.8. The molecule has 2 N–H and O–H groups in total. The summed E-state index contributed by atoms with van der Waals surface area (Å²) in [6.07, 6.45) is 10.3. The molecule has 106 valence electrons. The lowest BCUT2D eigenvalue weighted by Gasteiger charge is -2.38. The Morgan fingerprint density at radius 1 is 1.16 bits per heavy atom. The van der Waals surface area contributed by atoms with Crippen molar-refractivity contribution in [1.29, 1.82) is 0 Å². The molecule has 0 aromatic carbocycles. The minimum atomic E-state index is -0.104. The van der Waals surface area contributed by atoms with Gasteiger partial charge in [-0.05, 0) is 37.5 Å². The van der Waals surface area contributed by atoms with E-state index >= 15 is 0 Å². The van der Waals surface area contributed by atoms with Gasteiger partial charge in [0.15, 0.2) is 0 Å². The summed E-state index contributed by atoms with van der Waals surface area (Å²) in [5.74, 6) is 3.78. The summed E-state index contributed by atoms with van der Waals surface area (Å²) in [4.78, 5) is 0. The monoisotopic (exact) mass is 263 g/mol. The third kappa shape index (κ3) is 2.69. The van der Waals surface area contributed by atoms with Gasteiger partial charge in [0.2, 0.25) is 11.8 Å². The second-order valence-corrected chi connectivity index (χ2v) is 6.31. The Bertz CT molecular complexity index is 417. The first-order chi connectivity index (χ1) is 9.28. The van der Waals surface area contributed by atoms with Crippen molar-refractivity contribution in [2.24, 2.45) is 17.6 Å². The van der Waals surface area contributed by atoms with Gasteiger partial charge in [0.05, 0.1) is 6.04 Å². The molecule has 4 nitrogen and oxygen atoms in total. The quantitative estimate of drug-likeness (QED) is 0.905. The molecule has 19 heavy (non-hydrogen) atoms. The van der Waals surface area contributed by atoms with Crippen molar-refractivity contribution in [2.45, 2.75) is 70.3 Å². The van der Waals surface area contributed by atoms with Crippen LogP contribution in [0.1, 0.15) is 82.0 Å². The molecule has 1 heterocycles. The van der Waals surface area contributed by atoms with Crippen LogP contribution in [-0.2, 0) is 0 Å². The standard InChI is InChI=1S/C15H25N3O/c1-2-13(16)15-18-17-14(19-15)12-8-7-10-5-3-4-6-11(10)9-12/h10-13H,2-9,16H2,1H3. The summed E-state index contributed by atoms with van der Waals surface area (Å²) >= 11 is 0. The lowest BCUT2D eigenvalue weighted by molar-refractivity contribution is 0.145.